The van der Waals surface area contributed by atoms with E-state index < -0.39 is 5.60 Å². The highest BCUT2D eigenvalue weighted by atomic mass is 32.2. The molecule has 0 unspecified atom stereocenters. The highest BCUT2D eigenvalue weighted by Gasteiger charge is 2.27. The Balaban J connectivity index is 1.39. The van der Waals surface area contributed by atoms with Gasteiger partial charge in [0.05, 0.1) is 5.75 Å². The maximum Gasteiger partial charge on any atom is 0.410 e. The molecule has 0 spiro atoms. The second-order valence-corrected chi connectivity index (χ2v) is 10.0. The fraction of sp³-hybridized carbons (Fsp3) is 0.500. The van der Waals surface area contributed by atoms with E-state index in [0.29, 0.717) is 38.5 Å². The van der Waals surface area contributed by atoms with Crippen LogP contribution >= 0.6 is 23.1 Å². The molecule has 1 aromatic heterocycles. The lowest BCUT2D eigenvalue weighted by Gasteiger charge is -2.35. The van der Waals surface area contributed by atoms with Crippen LogP contribution in [-0.4, -0.2) is 69.5 Å². The summed E-state index contributed by atoms with van der Waals surface area (Å²) in [4.78, 5) is 28.1. The number of benzene rings is 1. The maximum absolute atomic E-state index is 12.5. The molecule has 0 bridgehead atoms. The van der Waals surface area contributed by atoms with Gasteiger partial charge in [-0.25, -0.2) is 4.79 Å². The minimum Gasteiger partial charge on any atom is -0.444 e. The molecule has 1 N–H and O–H groups in total. The fourth-order valence-corrected chi connectivity index (χ4v) is 4.44. The molecule has 0 atom stereocenters. The molecular formula is C20H27N5O3S2. The summed E-state index contributed by atoms with van der Waals surface area (Å²) >= 11 is 2.83. The van der Waals surface area contributed by atoms with Crippen LogP contribution in [0.2, 0.25) is 0 Å². The molecular weight excluding hydrogens is 422 g/mol. The molecule has 10 heteroatoms. The molecule has 0 radical (unpaired) electrons. The highest BCUT2D eigenvalue weighted by molar-refractivity contribution is 8.01. The molecule has 1 saturated heterocycles. The van der Waals surface area contributed by atoms with Gasteiger partial charge in [0.2, 0.25) is 11.0 Å². The van der Waals surface area contributed by atoms with E-state index in [0.717, 1.165) is 9.47 Å². The minimum atomic E-state index is -0.517. The Morgan fingerprint density at radius 2 is 1.77 bits per heavy atom. The molecule has 1 fully saturated rings. The molecule has 3 rings (SSSR count). The fourth-order valence-electron chi connectivity index (χ4n) is 2.79. The summed E-state index contributed by atoms with van der Waals surface area (Å²) in [6, 6.07) is 10.1. The molecule has 2 heterocycles. The predicted molar refractivity (Wildman–Crippen MR) is 119 cm³/mol. The van der Waals surface area contributed by atoms with E-state index in [1.807, 2.05) is 51.1 Å². The van der Waals surface area contributed by atoms with Crippen LogP contribution in [-0.2, 0) is 16.1 Å². The quantitative estimate of drug-likeness (QED) is 0.677. The van der Waals surface area contributed by atoms with E-state index in [2.05, 4.69) is 15.5 Å². The first-order valence-corrected chi connectivity index (χ1v) is 11.6. The third-order valence-corrected chi connectivity index (χ3v) is 6.30. The molecule has 2 aromatic rings. The molecule has 1 aromatic carbocycles. The van der Waals surface area contributed by atoms with E-state index >= 15 is 0 Å². The Morgan fingerprint density at radius 1 is 1.10 bits per heavy atom. The topological polar surface area (TPSA) is 87.7 Å². The van der Waals surface area contributed by atoms with Crippen LogP contribution in [0.5, 0.6) is 0 Å². The monoisotopic (exact) mass is 449 g/mol. The zero-order valence-electron chi connectivity index (χ0n) is 17.5. The van der Waals surface area contributed by atoms with Crippen molar-refractivity contribution in [2.45, 2.75) is 37.3 Å². The summed E-state index contributed by atoms with van der Waals surface area (Å²) in [7, 11) is 0. The van der Waals surface area contributed by atoms with Gasteiger partial charge < -0.3 is 19.9 Å². The number of amides is 2. The van der Waals surface area contributed by atoms with E-state index in [1.54, 1.807) is 9.80 Å². The van der Waals surface area contributed by atoms with Crippen molar-refractivity contribution in [3.05, 3.63) is 35.9 Å². The van der Waals surface area contributed by atoms with Gasteiger partial charge in [-0.1, -0.05) is 53.4 Å². The summed E-state index contributed by atoms with van der Waals surface area (Å²) in [6.07, 6.45) is -0.326. The Morgan fingerprint density at radius 3 is 2.43 bits per heavy atom. The van der Waals surface area contributed by atoms with Crippen molar-refractivity contribution < 1.29 is 14.3 Å². The molecule has 8 nitrogen and oxygen atoms in total. The number of ether oxygens (including phenoxy) is 1. The largest absolute Gasteiger partial charge is 0.444 e. The molecule has 30 heavy (non-hydrogen) atoms. The minimum absolute atomic E-state index is 0.0397. The lowest BCUT2D eigenvalue weighted by molar-refractivity contribution is -0.130. The Labute approximate surface area is 185 Å². The van der Waals surface area contributed by atoms with E-state index in [-0.39, 0.29) is 12.0 Å². The van der Waals surface area contributed by atoms with E-state index in [1.165, 1.54) is 28.7 Å². The summed E-state index contributed by atoms with van der Waals surface area (Å²) in [6.45, 7) is 8.21. The summed E-state index contributed by atoms with van der Waals surface area (Å²) in [5.74, 6) is 0.345. The Hall–Kier alpha value is -2.33. The summed E-state index contributed by atoms with van der Waals surface area (Å²) in [5.41, 5.74) is 0.652. The van der Waals surface area contributed by atoms with Gasteiger partial charge in [-0.15, -0.1) is 10.2 Å². The zero-order valence-corrected chi connectivity index (χ0v) is 19.1. The SMILES string of the molecule is CC(C)(C)OC(=O)N1CCN(C(=O)CSc2nnc(NCc3ccccc3)s2)CC1. The molecule has 0 saturated carbocycles. The van der Waals surface area contributed by atoms with Gasteiger partial charge in [0.25, 0.3) is 0 Å². The number of thioether (sulfide) groups is 1. The predicted octanol–water partition coefficient (Wildman–Crippen LogP) is 3.32. The molecule has 1 aliphatic heterocycles. The molecule has 1 aliphatic rings. The average molecular weight is 450 g/mol. The second kappa shape index (κ2) is 10.1. The van der Waals surface area contributed by atoms with Crippen molar-refractivity contribution in [1.82, 2.24) is 20.0 Å². The first-order chi connectivity index (χ1) is 14.3. The number of nitrogens with one attached hydrogen (secondary N) is 1. The van der Waals surface area contributed by atoms with Crippen LogP contribution in [0.1, 0.15) is 26.3 Å². The van der Waals surface area contributed by atoms with Gasteiger partial charge >= 0.3 is 6.09 Å². The van der Waals surface area contributed by atoms with Crippen molar-refractivity contribution in [2.24, 2.45) is 0 Å². The number of rotatable bonds is 6. The van der Waals surface area contributed by atoms with Crippen LogP contribution in [0.25, 0.3) is 0 Å². The van der Waals surface area contributed by atoms with Crippen LogP contribution < -0.4 is 5.32 Å². The zero-order chi connectivity index (χ0) is 21.6. The highest BCUT2D eigenvalue weighted by Crippen LogP contribution is 2.26. The van der Waals surface area contributed by atoms with Gasteiger partial charge in [0, 0.05) is 32.7 Å². The molecule has 162 valence electrons. The average Bonchev–Trinajstić information content (AvgIpc) is 3.18. The van der Waals surface area contributed by atoms with Crippen LogP contribution in [0.4, 0.5) is 9.93 Å². The van der Waals surface area contributed by atoms with Crippen molar-refractivity contribution in [2.75, 3.05) is 37.2 Å². The van der Waals surface area contributed by atoms with Crippen LogP contribution in [0.3, 0.4) is 0 Å². The number of hydrogen-bond donors (Lipinski definition) is 1. The van der Waals surface area contributed by atoms with Gasteiger partial charge in [0.1, 0.15) is 5.60 Å². The molecule has 0 aliphatic carbocycles. The number of anilines is 1. The first-order valence-electron chi connectivity index (χ1n) is 9.80. The number of carbonyl (C=O) groups is 2. The van der Waals surface area contributed by atoms with Crippen molar-refractivity contribution in [3.63, 3.8) is 0 Å². The number of hydrogen-bond acceptors (Lipinski definition) is 8. The number of nitrogens with zero attached hydrogens (tertiary/aromatic N) is 4. The Kier molecular flexibility index (Phi) is 7.54. The summed E-state index contributed by atoms with van der Waals surface area (Å²) in [5, 5.41) is 12.3. The van der Waals surface area contributed by atoms with Gasteiger partial charge in [-0.05, 0) is 26.3 Å². The second-order valence-electron chi connectivity index (χ2n) is 7.85. The van der Waals surface area contributed by atoms with Gasteiger partial charge in [0.15, 0.2) is 4.34 Å². The van der Waals surface area contributed by atoms with E-state index in [4.69, 9.17) is 4.74 Å². The third kappa shape index (κ3) is 6.88. The van der Waals surface area contributed by atoms with Gasteiger partial charge in [-0.2, -0.15) is 0 Å². The first kappa shape index (κ1) is 22.4. The molecule has 2 amide bonds. The van der Waals surface area contributed by atoms with Crippen molar-refractivity contribution in [3.8, 4) is 0 Å². The van der Waals surface area contributed by atoms with Crippen molar-refractivity contribution >= 4 is 40.2 Å². The normalized spacial score (nSPS) is 14.5. The van der Waals surface area contributed by atoms with Crippen LogP contribution in [0, 0.1) is 0 Å². The number of aromatic nitrogens is 2. The smallest absolute Gasteiger partial charge is 0.410 e. The van der Waals surface area contributed by atoms with E-state index in [9.17, 15) is 9.59 Å². The Bertz CT molecular complexity index is 846. The third-order valence-electron chi connectivity index (χ3n) is 4.30. The summed E-state index contributed by atoms with van der Waals surface area (Å²) < 4.78 is 6.14. The lowest BCUT2D eigenvalue weighted by Crippen LogP contribution is -2.52. The lowest BCUT2D eigenvalue weighted by atomic mass is 10.2. The standard InChI is InChI=1S/C20H27N5O3S2/c1-20(2,3)28-19(27)25-11-9-24(10-12-25)16(26)14-29-18-23-22-17(30-18)21-13-15-7-5-4-6-8-15/h4-8H,9-14H2,1-3H3,(H,21,22). The number of piperazine rings is 1. The maximum atomic E-state index is 12.5. The van der Waals surface area contributed by atoms with Crippen LogP contribution in [0.15, 0.2) is 34.7 Å². The number of carbonyl (C=O) groups excluding carboxylic acids is 2. The van der Waals surface area contributed by atoms with Gasteiger partial charge in [-0.3, -0.25) is 4.79 Å². The van der Waals surface area contributed by atoms with Crippen molar-refractivity contribution in [1.29, 1.82) is 0 Å².